The van der Waals surface area contributed by atoms with Crippen molar-refractivity contribution >= 4 is 58.3 Å². The van der Waals surface area contributed by atoms with E-state index in [0.29, 0.717) is 13.2 Å². The molecule has 0 saturated heterocycles. The first kappa shape index (κ1) is 63.7. The van der Waals surface area contributed by atoms with E-state index in [1.807, 2.05) is 0 Å². The first-order valence-corrected chi connectivity index (χ1v) is 31.6. The van der Waals surface area contributed by atoms with Gasteiger partial charge in [-0.25, -0.2) is 0 Å². The minimum absolute atomic E-state index is 0.0736. The number of esters is 2. The van der Waals surface area contributed by atoms with E-state index in [2.05, 4.69) is 53.0 Å². The fourth-order valence-electron chi connectivity index (χ4n) is 7.24. The van der Waals surface area contributed by atoms with E-state index >= 15 is 0 Å². The molecule has 354 valence electrons. The summed E-state index contributed by atoms with van der Waals surface area (Å²) in [5.74, 6) is -0.0157. The van der Waals surface area contributed by atoms with Crippen LogP contribution < -0.4 is 0 Å². The van der Waals surface area contributed by atoms with Crippen molar-refractivity contribution in [3.8, 4) is 0 Å². The SMILES string of the molecule is CCCCCCCCCCCCCCCCOC(=O)CS.CCCCCCCCCCCCCCCCOC(=O)CS.CCCCCCC[CH2][Sn][CH2]CCCCCCC. The number of rotatable bonds is 46. The Bertz CT molecular complexity index is 696. The third-order valence-electron chi connectivity index (χ3n) is 11.2. The second kappa shape index (κ2) is 62.7. The van der Waals surface area contributed by atoms with E-state index in [-0.39, 0.29) is 44.6 Å². The van der Waals surface area contributed by atoms with Crippen LogP contribution in [-0.2, 0) is 19.1 Å². The van der Waals surface area contributed by atoms with Crippen molar-refractivity contribution in [2.24, 2.45) is 0 Å². The van der Waals surface area contributed by atoms with Gasteiger partial charge in [-0.05, 0) is 12.8 Å². The quantitative estimate of drug-likeness (QED) is 0.0276. The summed E-state index contributed by atoms with van der Waals surface area (Å²) in [7, 11) is 0. The predicted molar refractivity (Wildman–Crippen MR) is 272 cm³/mol. The Morgan fingerprint density at radius 3 is 0.695 bits per heavy atom. The fraction of sp³-hybridized carbons (Fsp3) is 0.962. The molecule has 0 unspecified atom stereocenters. The molecule has 0 aromatic carbocycles. The summed E-state index contributed by atoms with van der Waals surface area (Å²) < 4.78 is 13.3. The first-order valence-electron chi connectivity index (χ1n) is 26.3. The van der Waals surface area contributed by atoms with Gasteiger partial charge in [-0.3, -0.25) is 9.59 Å². The molecular weight excluding hydrogens is 871 g/mol. The average Bonchev–Trinajstić information content (AvgIpc) is 3.25. The first-order chi connectivity index (χ1) is 29.0. The molecule has 0 atom stereocenters. The molecule has 0 aliphatic heterocycles. The van der Waals surface area contributed by atoms with Crippen molar-refractivity contribution in [1.82, 2.24) is 0 Å². The molecule has 0 aliphatic carbocycles. The summed E-state index contributed by atoms with van der Waals surface area (Å²) >= 11 is 7.81. The number of unbranched alkanes of at least 4 members (excludes halogenated alkanes) is 36. The van der Waals surface area contributed by atoms with Crippen molar-refractivity contribution in [3.05, 3.63) is 0 Å². The molecule has 0 aromatic heterocycles. The average molecular weight is 978 g/mol. The van der Waals surface area contributed by atoms with Gasteiger partial charge >= 0.3 is 133 Å². The summed E-state index contributed by atoms with van der Waals surface area (Å²) in [6.45, 7) is 10.3. The van der Waals surface area contributed by atoms with Crippen LogP contribution in [0.3, 0.4) is 0 Å². The Morgan fingerprint density at radius 1 is 0.305 bits per heavy atom. The van der Waals surface area contributed by atoms with Crippen molar-refractivity contribution in [3.63, 3.8) is 0 Å². The molecule has 0 aromatic rings. The Kier molecular flexibility index (Phi) is 67.8. The maximum atomic E-state index is 10.8. The van der Waals surface area contributed by atoms with Gasteiger partial charge in [0.15, 0.2) is 0 Å². The third kappa shape index (κ3) is 67.7. The van der Waals surface area contributed by atoms with Gasteiger partial charge in [-0.1, -0.05) is 181 Å². The van der Waals surface area contributed by atoms with E-state index < -0.39 is 0 Å². The van der Waals surface area contributed by atoms with Crippen LogP contribution in [0.15, 0.2) is 0 Å². The van der Waals surface area contributed by atoms with Gasteiger partial charge in [0.1, 0.15) is 0 Å². The zero-order valence-corrected chi connectivity index (χ0v) is 45.2. The van der Waals surface area contributed by atoms with E-state index in [9.17, 15) is 9.59 Å². The molecule has 0 spiro atoms. The third-order valence-corrected chi connectivity index (χ3v) is 15.7. The fourth-order valence-corrected chi connectivity index (χ4v) is 11.0. The number of hydrogen-bond acceptors (Lipinski definition) is 6. The second-order valence-corrected chi connectivity index (χ2v) is 22.1. The normalized spacial score (nSPS) is 10.8. The molecule has 4 nitrogen and oxygen atoms in total. The molecule has 0 heterocycles. The summed E-state index contributed by atoms with van der Waals surface area (Å²) in [6.07, 6.45) is 55.5. The summed E-state index contributed by atoms with van der Waals surface area (Å²) in [6, 6.07) is 0. The molecule has 2 radical (unpaired) electrons. The summed E-state index contributed by atoms with van der Waals surface area (Å²) in [4.78, 5) is 21.7. The Morgan fingerprint density at radius 2 is 0.492 bits per heavy atom. The van der Waals surface area contributed by atoms with E-state index in [1.165, 1.54) is 231 Å². The molecule has 0 amide bonds. The van der Waals surface area contributed by atoms with Crippen LogP contribution in [0.5, 0.6) is 0 Å². The molecule has 0 rings (SSSR count). The zero-order valence-electron chi connectivity index (χ0n) is 40.6. The summed E-state index contributed by atoms with van der Waals surface area (Å²) in [5, 5.41) is 0. The van der Waals surface area contributed by atoms with Crippen LogP contribution in [0.1, 0.15) is 285 Å². The number of carbonyl (C=O) groups excluding carboxylic acids is 2. The Hall–Kier alpha value is 0.439. The van der Waals surface area contributed by atoms with E-state index in [1.54, 1.807) is 21.7 Å². The standard InChI is InChI=1S/2C18H36O2S.2C8H17.Sn/c2*1-2-3-4-5-6-7-8-9-10-11-12-13-14-15-16-20-18(19)17-21;2*1-3-5-7-8-6-4-2;/h2*21H,2-17H2,1H3;2*1,3-8H2,2H3;. The van der Waals surface area contributed by atoms with Crippen molar-refractivity contribution in [1.29, 1.82) is 0 Å². The maximum absolute atomic E-state index is 10.8. The van der Waals surface area contributed by atoms with E-state index in [4.69, 9.17) is 9.47 Å². The molecular formula is C52H106O4S2Sn. The number of thiol groups is 2. The van der Waals surface area contributed by atoms with Gasteiger partial charge in [0.2, 0.25) is 0 Å². The minimum atomic E-state index is -0.201. The molecule has 0 aliphatic rings. The molecule has 0 saturated carbocycles. The monoisotopic (exact) mass is 979 g/mol. The zero-order chi connectivity index (χ0) is 43.8. The van der Waals surface area contributed by atoms with Gasteiger partial charge in [0.25, 0.3) is 0 Å². The van der Waals surface area contributed by atoms with Crippen LogP contribution in [0, 0.1) is 0 Å². The topological polar surface area (TPSA) is 52.6 Å². The van der Waals surface area contributed by atoms with Gasteiger partial charge in [-0.2, -0.15) is 25.3 Å². The predicted octanol–water partition coefficient (Wildman–Crippen LogP) is 18.1. The molecule has 7 heteroatoms. The van der Waals surface area contributed by atoms with Gasteiger partial charge in [-0.15, -0.1) is 0 Å². The van der Waals surface area contributed by atoms with Crippen molar-refractivity contribution < 1.29 is 19.1 Å². The Balaban J connectivity index is -0.000000803. The number of hydrogen-bond donors (Lipinski definition) is 2. The van der Waals surface area contributed by atoms with Crippen LogP contribution in [0.2, 0.25) is 8.87 Å². The molecule has 0 bridgehead atoms. The van der Waals surface area contributed by atoms with Crippen molar-refractivity contribution in [2.45, 2.75) is 293 Å². The van der Waals surface area contributed by atoms with Gasteiger partial charge in [0, 0.05) is 0 Å². The summed E-state index contributed by atoms with van der Waals surface area (Å²) in [5.41, 5.74) is 0. The van der Waals surface area contributed by atoms with Crippen molar-refractivity contribution in [2.75, 3.05) is 24.7 Å². The van der Waals surface area contributed by atoms with Gasteiger partial charge < -0.3 is 9.47 Å². The number of ether oxygens (including phenoxy) is 2. The molecule has 59 heavy (non-hydrogen) atoms. The van der Waals surface area contributed by atoms with E-state index in [0.717, 1.165) is 12.8 Å². The van der Waals surface area contributed by atoms with Gasteiger partial charge in [0.05, 0.1) is 24.7 Å². The number of carbonyl (C=O) groups is 2. The second-order valence-electron chi connectivity index (χ2n) is 17.2. The van der Waals surface area contributed by atoms with Crippen LogP contribution in [-0.4, -0.2) is 57.8 Å². The Labute approximate surface area is 393 Å². The van der Waals surface area contributed by atoms with Crippen LogP contribution >= 0.6 is 25.3 Å². The van der Waals surface area contributed by atoms with Crippen LogP contribution in [0.25, 0.3) is 0 Å². The molecule has 0 N–H and O–H groups in total. The molecule has 0 fully saturated rings. The van der Waals surface area contributed by atoms with Crippen LogP contribution in [0.4, 0.5) is 0 Å².